The van der Waals surface area contributed by atoms with Gasteiger partial charge in [0.25, 0.3) is 0 Å². The van der Waals surface area contributed by atoms with E-state index in [0.29, 0.717) is 0 Å². The number of halogens is 6. The van der Waals surface area contributed by atoms with Crippen molar-refractivity contribution in [2.75, 3.05) is 17.2 Å². The normalized spacial score (nSPS) is 17.6. The van der Waals surface area contributed by atoms with Crippen LogP contribution in [-0.2, 0) is 10.3 Å². The van der Waals surface area contributed by atoms with Gasteiger partial charge in [-0.3, -0.25) is 0 Å². The molecule has 2 heterocycles. The summed E-state index contributed by atoms with van der Waals surface area (Å²) >= 11 is 11.6. The van der Waals surface area contributed by atoms with Crippen LogP contribution in [0.4, 0.5) is 33.7 Å². The number of urea groups is 1. The number of nitrogens with zero attached hydrogens (tertiary/aromatic N) is 1. The number of pyridine rings is 1. The summed E-state index contributed by atoms with van der Waals surface area (Å²) in [6, 6.07) is 11.0. The van der Waals surface area contributed by atoms with Crippen molar-refractivity contribution in [2.45, 2.75) is 18.2 Å². The summed E-state index contributed by atoms with van der Waals surface area (Å²) in [6.45, 7) is -0.0580. The van der Waals surface area contributed by atoms with Crippen molar-refractivity contribution in [3.8, 4) is 11.6 Å². The monoisotopic (exact) mass is 515 g/mol. The zero-order chi connectivity index (χ0) is 24.5. The largest absolute Gasteiger partial charge is 0.437 e. The van der Waals surface area contributed by atoms with Crippen molar-refractivity contribution in [2.24, 2.45) is 0 Å². The lowest BCUT2D eigenvalue weighted by Gasteiger charge is -2.43. The molecule has 2 amide bonds. The summed E-state index contributed by atoms with van der Waals surface area (Å²) in [4.78, 5) is 16.4. The van der Waals surface area contributed by atoms with E-state index in [1.54, 1.807) is 0 Å². The highest BCUT2D eigenvalue weighted by atomic mass is 35.5. The van der Waals surface area contributed by atoms with E-state index in [1.165, 1.54) is 48.5 Å². The molecule has 1 atom stereocenters. The van der Waals surface area contributed by atoms with Crippen LogP contribution < -0.4 is 15.4 Å². The third kappa shape index (κ3) is 4.75. The lowest BCUT2D eigenvalue weighted by atomic mass is 9.85. The van der Waals surface area contributed by atoms with E-state index in [0.717, 1.165) is 6.07 Å². The summed E-state index contributed by atoms with van der Waals surface area (Å²) in [7, 11) is 0. The first-order valence-electron chi connectivity index (χ1n) is 9.77. The number of amides is 2. The average molecular weight is 516 g/mol. The molecule has 34 heavy (non-hydrogen) atoms. The number of nitrogens with one attached hydrogen (secondary N) is 2. The van der Waals surface area contributed by atoms with Crippen molar-refractivity contribution >= 4 is 40.6 Å². The molecule has 2 aromatic carbocycles. The molecule has 1 aliphatic heterocycles. The van der Waals surface area contributed by atoms with E-state index in [1.807, 2.05) is 0 Å². The van der Waals surface area contributed by atoms with Crippen LogP contribution in [0, 0.1) is 5.82 Å². The Balaban J connectivity index is 1.61. The lowest BCUT2D eigenvalue weighted by Crippen LogP contribution is -2.52. The van der Waals surface area contributed by atoms with Crippen LogP contribution >= 0.6 is 23.2 Å². The summed E-state index contributed by atoms with van der Waals surface area (Å²) < 4.78 is 66.1. The van der Waals surface area contributed by atoms with Gasteiger partial charge >= 0.3 is 12.2 Å². The highest BCUT2D eigenvalue weighted by molar-refractivity contribution is 6.30. The first-order chi connectivity index (χ1) is 16.1. The van der Waals surface area contributed by atoms with E-state index < -0.39 is 23.6 Å². The molecule has 2 N–H and O–H groups in total. The molecule has 1 aliphatic rings. The second-order valence-corrected chi connectivity index (χ2v) is 8.04. The van der Waals surface area contributed by atoms with Crippen LogP contribution in [-0.4, -0.2) is 23.8 Å². The first kappa shape index (κ1) is 24.1. The molecule has 0 radical (unpaired) electrons. The number of aromatic nitrogens is 1. The molecule has 1 fully saturated rings. The minimum atomic E-state index is -4.68. The van der Waals surface area contributed by atoms with Crippen LogP contribution in [0.3, 0.4) is 0 Å². The number of carbonyl (C=O) groups excluding carboxylic acids is 1. The molecular weight excluding hydrogens is 501 g/mol. The number of alkyl halides is 3. The van der Waals surface area contributed by atoms with Crippen LogP contribution in [0.25, 0.3) is 0 Å². The van der Waals surface area contributed by atoms with Crippen molar-refractivity contribution < 1.29 is 31.8 Å². The molecular formula is C22H15Cl2F4N3O3. The number of para-hydroxylation sites is 1. The number of anilines is 2. The zero-order valence-electron chi connectivity index (χ0n) is 17.1. The summed E-state index contributed by atoms with van der Waals surface area (Å²) in [6.07, 6.45) is -4.96. The van der Waals surface area contributed by atoms with Gasteiger partial charge in [0.1, 0.15) is 22.4 Å². The zero-order valence-corrected chi connectivity index (χ0v) is 18.6. The molecule has 3 aromatic rings. The van der Waals surface area contributed by atoms with Crippen LogP contribution in [0.2, 0.25) is 10.2 Å². The Morgan fingerprint density at radius 3 is 2.38 bits per heavy atom. The van der Waals surface area contributed by atoms with Crippen molar-refractivity contribution in [1.82, 2.24) is 4.98 Å². The predicted molar refractivity (Wildman–Crippen MR) is 118 cm³/mol. The first-order valence-corrected chi connectivity index (χ1v) is 10.5. The Labute approximate surface area is 200 Å². The third-order valence-corrected chi connectivity index (χ3v) is 5.49. The Kier molecular flexibility index (Phi) is 6.57. The SMILES string of the molecule is O=C(Nc1ccc(Cl)cc1F)Nc1ccc(Cl)nc1Oc1ccccc1C1(C(F)(F)F)CCO1. The van der Waals surface area contributed by atoms with Crippen molar-refractivity contribution in [3.63, 3.8) is 0 Å². The van der Waals surface area contributed by atoms with E-state index >= 15 is 0 Å². The maximum Gasteiger partial charge on any atom is 0.421 e. The van der Waals surface area contributed by atoms with Gasteiger partial charge in [0.2, 0.25) is 5.88 Å². The van der Waals surface area contributed by atoms with E-state index in [-0.39, 0.29) is 51.8 Å². The lowest BCUT2D eigenvalue weighted by molar-refractivity contribution is -0.333. The summed E-state index contributed by atoms with van der Waals surface area (Å²) in [5.74, 6) is -1.22. The van der Waals surface area contributed by atoms with Gasteiger partial charge in [-0.2, -0.15) is 18.2 Å². The van der Waals surface area contributed by atoms with Crippen LogP contribution in [0.1, 0.15) is 12.0 Å². The Bertz CT molecular complexity index is 1240. The minimum absolute atomic E-state index is 0.0262. The van der Waals surface area contributed by atoms with Crippen LogP contribution in [0.15, 0.2) is 54.6 Å². The average Bonchev–Trinajstić information content (AvgIpc) is 2.71. The maximum atomic E-state index is 14.0. The Morgan fingerprint density at radius 1 is 1.06 bits per heavy atom. The highest BCUT2D eigenvalue weighted by Gasteiger charge is 2.62. The second-order valence-electron chi connectivity index (χ2n) is 7.21. The van der Waals surface area contributed by atoms with E-state index in [2.05, 4.69) is 15.6 Å². The Hall–Kier alpha value is -3.08. The molecule has 0 aliphatic carbocycles. The topological polar surface area (TPSA) is 72.5 Å². The van der Waals surface area contributed by atoms with Gasteiger partial charge < -0.3 is 20.1 Å². The maximum absolute atomic E-state index is 14.0. The number of benzene rings is 2. The fourth-order valence-electron chi connectivity index (χ4n) is 3.35. The second kappa shape index (κ2) is 9.28. The van der Waals surface area contributed by atoms with Gasteiger partial charge in [-0.05, 0) is 36.4 Å². The fraction of sp³-hybridized carbons (Fsp3) is 0.182. The molecule has 1 saturated heterocycles. The molecule has 1 aromatic heterocycles. The number of hydrogen-bond donors (Lipinski definition) is 2. The molecule has 1 unspecified atom stereocenters. The van der Waals surface area contributed by atoms with Gasteiger partial charge in [-0.25, -0.2) is 9.18 Å². The standard InChI is InChI=1S/C22H15Cl2F4N3O3/c23-12-5-6-15(14(25)11-12)29-20(32)30-16-7-8-18(24)31-19(16)34-17-4-2-1-3-13(17)21(9-10-33-21)22(26,27)28/h1-8,11H,9-10H2,(H2,29,30,32). The van der Waals surface area contributed by atoms with Crippen molar-refractivity contribution in [1.29, 1.82) is 0 Å². The summed E-state index contributed by atoms with van der Waals surface area (Å²) in [5.41, 5.74) is -2.93. The summed E-state index contributed by atoms with van der Waals surface area (Å²) in [5, 5.41) is 4.82. The molecule has 0 spiro atoms. The number of rotatable bonds is 5. The molecule has 4 rings (SSSR count). The molecule has 0 saturated carbocycles. The Morgan fingerprint density at radius 2 is 1.74 bits per heavy atom. The molecule has 6 nitrogen and oxygen atoms in total. The van der Waals surface area contributed by atoms with Gasteiger partial charge in [-0.1, -0.05) is 41.4 Å². The number of hydrogen-bond acceptors (Lipinski definition) is 4. The smallest absolute Gasteiger partial charge is 0.421 e. The van der Waals surface area contributed by atoms with E-state index in [4.69, 9.17) is 32.7 Å². The molecule has 178 valence electrons. The number of carbonyl (C=O) groups is 1. The molecule has 0 bridgehead atoms. The van der Waals surface area contributed by atoms with Gasteiger partial charge in [-0.15, -0.1) is 0 Å². The van der Waals surface area contributed by atoms with Gasteiger partial charge in [0.15, 0.2) is 5.60 Å². The highest BCUT2D eigenvalue weighted by Crippen LogP contribution is 2.53. The van der Waals surface area contributed by atoms with Gasteiger partial charge in [0, 0.05) is 17.0 Å². The van der Waals surface area contributed by atoms with Gasteiger partial charge in [0.05, 0.1) is 12.3 Å². The quantitative estimate of drug-likeness (QED) is 0.279. The van der Waals surface area contributed by atoms with E-state index in [9.17, 15) is 22.4 Å². The fourth-order valence-corrected chi connectivity index (χ4v) is 3.64. The number of ether oxygens (including phenoxy) is 2. The van der Waals surface area contributed by atoms with Crippen LogP contribution in [0.5, 0.6) is 11.6 Å². The predicted octanol–water partition coefficient (Wildman–Crippen LogP) is 7.14. The minimum Gasteiger partial charge on any atom is -0.437 e. The van der Waals surface area contributed by atoms with Crippen molar-refractivity contribution in [3.05, 3.63) is 76.2 Å². The third-order valence-electron chi connectivity index (χ3n) is 5.04. The molecule has 12 heteroatoms.